The van der Waals surface area contributed by atoms with Crippen LogP contribution in [0.15, 0.2) is 35.3 Å². The molecule has 0 bridgehead atoms. The number of carbonyl (C=O) groups excluding carboxylic acids is 1. The Morgan fingerprint density at radius 2 is 1.86 bits per heavy atom. The molecule has 160 valence electrons. The fourth-order valence-electron chi connectivity index (χ4n) is 3.99. The highest BCUT2D eigenvalue weighted by Gasteiger charge is 2.25. The molecule has 1 saturated carbocycles. The van der Waals surface area contributed by atoms with Crippen molar-refractivity contribution in [3.05, 3.63) is 35.9 Å². The lowest BCUT2D eigenvalue weighted by molar-refractivity contribution is -0.127. The molecule has 3 rings (SSSR count). The molecule has 2 aliphatic rings. The maximum absolute atomic E-state index is 11.9. The first-order valence-electron chi connectivity index (χ1n) is 11.3. The molecule has 3 N–H and O–H groups in total. The third-order valence-corrected chi connectivity index (χ3v) is 5.95. The fourth-order valence-corrected chi connectivity index (χ4v) is 3.99. The van der Waals surface area contributed by atoms with Crippen molar-refractivity contribution in [2.24, 2.45) is 10.9 Å². The van der Waals surface area contributed by atoms with E-state index in [0.29, 0.717) is 6.04 Å². The second kappa shape index (κ2) is 11.8. The van der Waals surface area contributed by atoms with E-state index in [1.807, 2.05) is 0 Å². The van der Waals surface area contributed by atoms with Crippen LogP contribution >= 0.6 is 0 Å². The maximum Gasteiger partial charge on any atom is 0.223 e. The Morgan fingerprint density at radius 3 is 2.59 bits per heavy atom. The highest BCUT2D eigenvalue weighted by atomic mass is 16.1. The predicted molar refractivity (Wildman–Crippen MR) is 119 cm³/mol. The van der Waals surface area contributed by atoms with Gasteiger partial charge in [-0.1, -0.05) is 36.8 Å². The average Bonchev–Trinajstić information content (AvgIpc) is 3.12. The van der Waals surface area contributed by atoms with Crippen LogP contribution in [-0.4, -0.2) is 55.5 Å². The Balaban J connectivity index is 1.38. The van der Waals surface area contributed by atoms with E-state index in [0.717, 1.165) is 64.5 Å². The predicted octanol–water partition coefficient (Wildman–Crippen LogP) is 2.51. The largest absolute Gasteiger partial charge is 0.357 e. The minimum absolute atomic E-state index is 0.233. The molecule has 6 nitrogen and oxygen atoms in total. The number of likely N-dealkylation sites (tertiary alicyclic amines) is 1. The van der Waals surface area contributed by atoms with Gasteiger partial charge in [0.25, 0.3) is 0 Å². The Bertz CT molecular complexity index is 644. The summed E-state index contributed by atoms with van der Waals surface area (Å²) >= 11 is 0. The molecule has 1 atom stereocenters. The van der Waals surface area contributed by atoms with Crippen molar-refractivity contribution in [2.45, 2.75) is 58.0 Å². The molecule has 2 fully saturated rings. The Hall–Kier alpha value is -2.08. The number of nitrogens with one attached hydrogen (secondary N) is 3. The molecule has 0 aromatic heterocycles. The summed E-state index contributed by atoms with van der Waals surface area (Å²) in [5, 5.41) is 9.80. The van der Waals surface area contributed by atoms with E-state index in [9.17, 15) is 4.79 Å². The van der Waals surface area contributed by atoms with Crippen molar-refractivity contribution in [3.63, 3.8) is 0 Å². The van der Waals surface area contributed by atoms with Gasteiger partial charge >= 0.3 is 0 Å². The number of guanidine groups is 1. The molecule has 0 radical (unpaired) electrons. The van der Waals surface area contributed by atoms with Gasteiger partial charge in [-0.2, -0.15) is 0 Å². The topological polar surface area (TPSA) is 68.8 Å². The van der Waals surface area contributed by atoms with Crippen LogP contribution in [0.4, 0.5) is 0 Å². The summed E-state index contributed by atoms with van der Waals surface area (Å²) in [4.78, 5) is 19.3. The average molecular weight is 400 g/mol. The molecule has 1 aromatic carbocycles. The SMILES string of the molecule is CCNC(=NCC1CCCN1Cc1ccccc1)NCCCNC(=O)C1CCC1. The third-order valence-electron chi connectivity index (χ3n) is 5.95. The Labute approximate surface area is 175 Å². The number of hydrogen-bond donors (Lipinski definition) is 3. The molecular weight excluding hydrogens is 362 g/mol. The van der Waals surface area contributed by atoms with E-state index >= 15 is 0 Å². The van der Waals surface area contributed by atoms with Crippen molar-refractivity contribution < 1.29 is 4.79 Å². The van der Waals surface area contributed by atoms with Gasteiger partial charge in [0.1, 0.15) is 0 Å². The molecule has 1 unspecified atom stereocenters. The van der Waals surface area contributed by atoms with E-state index in [1.165, 1.54) is 24.8 Å². The number of rotatable bonds is 10. The second-order valence-corrected chi connectivity index (χ2v) is 8.17. The summed E-state index contributed by atoms with van der Waals surface area (Å²) in [6.45, 7) is 7.46. The molecule has 0 spiro atoms. The van der Waals surface area contributed by atoms with Gasteiger partial charge in [0.2, 0.25) is 5.91 Å². The van der Waals surface area contributed by atoms with Gasteiger partial charge in [-0.15, -0.1) is 0 Å². The monoisotopic (exact) mass is 399 g/mol. The van der Waals surface area contributed by atoms with Crippen LogP contribution in [0.25, 0.3) is 0 Å². The molecule has 1 heterocycles. The fraction of sp³-hybridized carbons (Fsp3) is 0.652. The number of benzene rings is 1. The molecule has 29 heavy (non-hydrogen) atoms. The van der Waals surface area contributed by atoms with Gasteiger partial charge in [0, 0.05) is 38.1 Å². The van der Waals surface area contributed by atoms with Crippen molar-refractivity contribution in [2.75, 3.05) is 32.7 Å². The summed E-state index contributed by atoms with van der Waals surface area (Å²) in [5.74, 6) is 1.38. The Morgan fingerprint density at radius 1 is 1.07 bits per heavy atom. The minimum Gasteiger partial charge on any atom is -0.357 e. The van der Waals surface area contributed by atoms with Crippen LogP contribution in [0.5, 0.6) is 0 Å². The van der Waals surface area contributed by atoms with E-state index in [1.54, 1.807) is 0 Å². The van der Waals surface area contributed by atoms with Gasteiger partial charge in [0.05, 0.1) is 6.54 Å². The van der Waals surface area contributed by atoms with Crippen LogP contribution < -0.4 is 16.0 Å². The zero-order valence-corrected chi connectivity index (χ0v) is 17.8. The summed E-state index contributed by atoms with van der Waals surface area (Å²) in [5.41, 5.74) is 1.37. The van der Waals surface area contributed by atoms with E-state index in [-0.39, 0.29) is 11.8 Å². The Kier molecular flexibility index (Phi) is 8.81. The van der Waals surface area contributed by atoms with Crippen molar-refractivity contribution >= 4 is 11.9 Å². The first kappa shape index (κ1) is 21.6. The van der Waals surface area contributed by atoms with Crippen molar-refractivity contribution in [1.82, 2.24) is 20.9 Å². The van der Waals surface area contributed by atoms with E-state index in [4.69, 9.17) is 4.99 Å². The number of aliphatic imine (C=N–C) groups is 1. The zero-order chi connectivity index (χ0) is 20.3. The standard InChI is InChI=1S/C23H37N5O/c1-2-24-23(26-15-8-14-25-22(29)20-11-6-12-20)27-17-21-13-7-16-28(21)18-19-9-4-3-5-10-19/h3-5,9-10,20-21H,2,6-8,11-18H2,1H3,(H,25,29)(H2,24,26,27). The number of hydrogen-bond acceptors (Lipinski definition) is 3. The molecule has 6 heteroatoms. The smallest absolute Gasteiger partial charge is 0.223 e. The van der Waals surface area contributed by atoms with Crippen LogP contribution in [0, 0.1) is 5.92 Å². The van der Waals surface area contributed by atoms with E-state index in [2.05, 4.69) is 58.1 Å². The number of carbonyl (C=O) groups is 1. The summed E-state index contributed by atoms with van der Waals surface area (Å²) in [6, 6.07) is 11.2. The number of nitrogens with zero attached hydrogens (tertiary/aromatic N) is 2. The molecule has 1 saturated heterocycles. The van der Waals surface area contributed by atoms with Crippen LogP contribution in [-0.2, 0) is 11.3 Å². The highest BCUT2D eigenvalue weighted by molar-refractivity contribution is 5.80. The molecular formula is C23H37N5O. The summed E-state index contributed by atoms with van der Waals surface area (Å²) in [7, 11) is 0. The number of amides is 1. The zero-order valence-electron chi connectivity index (χ0n) is 17.8. The lowest BCUT2D eigenvalue weighted by Gasteiger charge is -2.24. The molecule has 1 aromatic rings. The minimum atomic E-state index is 0.233. The molecule has 1 aliphatic heterocycles. The first-order valence-corrected chi connectivity index (χ1v) is 11.3. The van der Waals surface area contributed by atoms with Crippen LogP contribution in [0.3, 0.4) is 0 Å². The van der Waals surface area contributed by atoms with Gasteiger partial charge in [-0.3, -0.25) is 14.7 Å². The summed E-state index contributed by atoms with van der Waals surface area (Å²) in [6.07, 6.45) is 6.69. The molecule has 1 aliphatic carbocycles. The van der Waals surface area contributed by atoms with Crippen molar-refractivity contribution in [3.8, 4) is 0 Å². The van der Waals surface area contributed by atoms with Gasteiger partial charge in [-0.25, -0.2) is 0 Å². The lowest BCUT2D eigenvalue weighted by Crippen LogP contribution is -2.41. The third kappa shape index (κ3) is 7.03. The highest BCUT2D eigenvalue weighted by Crippen LogP contribution is 2.26. The van der Waals surface area contributed by atoms with Gasteiger partial charge in [-0.05, 0) is 51.1 Å². The van der Waals surface area contributed by atoms with Crippen LogP contribution in [0.2, 0.25) is 0 Å². The van der Waals surface area contributed by atoms with Crippen molar-refractivity contribution in [1.29, 1.82) is 0 Å². The van der Waals surface area contributed by atoms with Crippen LogP contribution in [0.1, 0.15) is 51.0 Å². The quantitative estimate of drug-likeness (QED) is 0.321. The maximum atomic E-state index is 11.9. The second-order valence-electron chi connectivity index (χ2n) is 8.17. The van der Waals surface area contributed by atoms with Gasteiger partial charge < -0.3 is 16.0 Å². The molecule has 1 amide bonds. The lowest BCUT2D eigenvalue weighted by atomic mass is 9.85. The first-order chi connectivity index (χ1) is 14.3. The summed E-state index contributed by atoms with van der Waals surface area (Å²) < 4.78 is 0. The van der Waals surface area contributed by atoms with E-state index < -0.39 is 0 Å². The normalized spacial score (nSPS) is 20.3. The van der Waals surface area contributed by atoms with Gasteiger partial charge in [0.15, 0.2) is 5.96 Å².